The number of rotatable bonds is 5. The summed E-state index contributed by atoms with van der Waals surface area (Å²) in [5.74, 6) is 0.761. The molecule has 3 fully saturated rings. The highest BCUT2D eigenvalue weighted by Gasteiger charge is 2.31. The molecule has 2 saturated heterocycles. The molecule has 2 aliphatic heterocycles. The van der Waals surface area contributed by atoms with E-state index in [1.165, 1.54) is 12.8 Å². The van der Waals surface area contributed by atoms with Crippen LogP contribution in [-0.4, -0.2) is 73.3 Å². The van der Waals surface area contributed by atoms with E-state index in [2.05, 4.69) is 5.32 Å². The molecule has 1 aliphatic carbocycles. The second-order valence-electron chi connectivity index (χ2n) is 8.16. The highest BCUT2D eigenvalue weighted by Crippen LogP contribution is 2.22. The molecule has 158 valence electrons. The van der Waals surface area contributed by atoms with E-state index >= 15 is 0 Å². The Kier molecular flexibility index (Phi) is 6.54. The molecule has 3 amide bonds. The summed E-state index contributed by atoms with van der Waals surface area (Å²) in [7, 11) is 0. The van der Waals surface area contributed by atoms with Gasteiger partial charge in [-0.05, 0) is 49.9 Å². The molecule has 1 saturated carbocycles. The maximum Gasteiger partial charge on any atom is 0.317 e. The van der Waals surface area contributed by atoms with Crippen LogP contribution >= 0.6 is 0 Å². The summed E-state index contributed by atoms with van der Waals surface area (Å²) in [6, 6.07) is 7.79. The van der Waals surface area contributed by atoms with Gasteiger partial charge in [-0.3, -0.25) is 4.79 Å². The molecule has 0 aromatic heterocycles. The Labute approximate surface area is 172 Å². The second-order valence-corrected chi connectivity index (χ2v) is 8.16. The van der Waals surface area contributed by atoms with Crippen LogP contribution in [0.25, 0.3) is 0 Å². The molecule has 1 aromatic carbocycles. The van der Waals surface area contributed by atoms with Crippen molar-refractivity contribution in [2.75, 3.05) is 39.5 Å². The fourth-order valence-electron chi connectivity index (χ4n) is 4.44. The summed E-state index contributed by atoms with van der Waals surface area (Å²) in [6.45, 7) is 3.74. The van der Waals surface area contributed by atoms with E-state index in [1.54, 1.807) is 0 Å². The Hall–Kier alpha value is -2.28. The number of morpholine rings is 1. The smallest absolute Gasteiger partial charge is 0.317 e. The number of urea groups is 1. The Morgan fingerprint density at radius 1 is 1.00 bits per heavy atom. The fraction of sp³-hybridized carbons (Fsp3) is 0.636. The zero-order valence-corrected chi connectivity index (χ0v) is 17.0. The molecule has 1 unspecified atom stereocenters. The van der Waals surface area contributed by atoms with E-state index < -0.39 is 0 Å². The summed E-state index contributed by atoms with van der Waals surface area (Å²) in [6.07, 6.45) is 6.58. The van der Waals surface area contributed by atoms with Crippen molar-refractivity contribution in [2.24, 2.45) is 0 Å². The molecule has 29 heavy (non-hydrogen) atoms. The van der Waals surface area contributed by atoms with Crippen molar-refractivity contribution in [2.45, 2.75) is 50.6 Å². The number of amides is 3. The first-order chi connectivity index (χ1) is 14.2. The third-order valence-electron chi connectivity index (χ3n) is 6.16. The van der Waals surface area contributed by atoms with Crippen LogP contribution in [0.5, 0.6) is 5.75 Å². The molecule has 0 bridgehead atoms. The van der Waals surface area contributed by atoms with Gasteiger partial charge in [0.25, 0.3) is 5.91 Å². The van der Waals surface area contributed by atoms with E-state index in [4.69, 9.17) is 9.47 Å². The van der Waals surface area contributed by atoms with Gasteiger partial charge in [0.2, 0.25) is 0 Å². The van der Waals surface area contributed by atoms with Crippen molar-refractivity contribution in [3.8, 4) is 5.75 Å². The van der Waals surface area contributed by atoms with Gasteiger partial charge in [0, 0.05) is 31.2 Å². The number of likely N-dealkylation sites (tertiary alicyclic amines) is 1. The zero-order valence-electron chi connectivity index (χ0n) is 17.0. The third kappa shape index (κ3) is 5.01. The first-order valence-electron chi connectivity index (χ1n) is 10.9. The normalized spacial score (nSPS) is 22.7. The largest absolute Gasteiger partial charge is 0.491 e. The summed E-state index contributed by atoms with van der Waals surface area (Å²) >= 11 is 0. The number of benzene rings is 1. The molecule has 4 rings (SSSR count). The van der Waals surface area contributed by atoms with E-state index in [1.807, 2.05) is 34.1 Å². The maximum atomic E-state index is 12.6. The zero-order chi connectivity index (χ0) is 20.1. The monoisotopic (exact) mass is 401 g/mol. The fourth-order valence-corrected chi connectivity index (χ4v) is 4.44. The van der Waals surface area contributed by atoms with Crippen molar-refractivity contribution in [3.05, 3.63) is 29.8 Å². The molecule has 2 heterocycles. The minimum absolute atomic E-state index is 0.0328. The highest BCUT2D eigenvalue weighted by molar-refractivity contribution is 5.94. The van der Waals surface area contributed by atoms with Gasteiger partial charge >= 0.3 is 6.03 Å². The van der Waals surface area contributed by atoms with Gasteiger partial charge in [0.15, 0.2) is 0 Å². The van der Waals surface area contributed by atoms with Crippen LogP contribution < -0.4 is 10.1 Å². The van der Waals surface area contributed by atoms with Gasteiger partial charge in [-0.15, -0.1) is 0 Å². The quantitative estimate of drug-likeness (QED) is 0.823. The summed E-state index contributed by atoms with van der Waals surface area (Å²) < 4.78 is 11.3. The average Bonchev–Trinajstić information content (AvgIpc) is 3.44. The minimum atomic E-state index is 0.0328. The van der Waals surface area contributed by atoms with Gasteiger partial charge in [-0.25, -0.2) is 4.79 Å². The van der Waals surface area contributed by atoms with Crippen molar-refractivity contribution in [1.82, 2.24) is 15.1 Å². The molecule has 3 aliphatic rings. The predicted molar refractivity (Wildman–Crippen MR) is 109 cm³/mol. The summed E-state index contributed by atoms with van der Waals surface area (Å²) in [5, 5.41) is 3.18. The third-order valence-corrected chi connectivity index (χ3v) is 6.16. The van der Waals surface area contributed by atoms with Crippen molar-refractivity contribution in [3.63, 3.8) is 0 Å². The molecule has 7 heteroatoms. The molecule has 0 radical (unpaired) electrons. The molecule has 0 spiro atoms. The Balaban J connectivity index is 1.27. The van der Waals surface area contributed by atoms with Crippen LogP contribution in [-0.2, 0) is 4.74 Å². The standard InChI is InChI=1S/C22H31N3O4/c26-21(24-12-14-28-15-13-24)17-7-9-20(10-8-17)29-16-19-6-3-11-25(19)22(27)23-18-4-1-2-5-18/h7-10,18-19H,1-6,11-16H2,(H,23,27). The number of carbonyl (C=O) groups excluding carboxylic acids is 2. The van der Waals surface area contributed by atoms with Crippen LogP contribution in [0.3, 0.4) is 0 Å². The number of ether oxygens (including phenoxy) is 2. The Bertz CT molecular complexity index is 697. The molecule has 7 nitrogen and oxygen atoms in total. The lowest BCUT2D eigenvalue weighted by atomic mass is 10.2. The van der Waals surface area contributed by atoms with Gasteiger partial charge in [0.05, 0.1) is 19.3 Å². The van der Waals surface area contributed by atoms with Crippen molar-refractivity contribution >= 4 is 11.9 Å². The van der Waals surface area contributed by atoms with Gasteiger partial charge in [-0.1, -0.05) is 12.8 Å². The molecule has 1 atom stereocenters. The van der Waals surface area contributed by atoms with E-state index in [9.17, 15) is 9.59 Å². The molecule has 1 N–H and O–H groups in total. The number of nitrogens with zero attached hydrogens (tertiary/aromatic N) is 2. The van der Waals surface area contributed by atoms with Gasteiger partial charge in [-0.2, -0.15) is 0 Å². The lowest BCUT2D eigenvalue weighted by Gasteiger charge is -2.27. The number of hydrogen-bond donors (Lipinski definition) is 1. The number of nitrogens with one attached hydrogen (secondary N) is 1. The lowest BCUT2D eigenvalue weighted by Crippen LogP contribution is -2.47. The van der Waals surface area contributed by atoms with Crippen molar-refractivity contribution in [1.29, 1.82) is 0 Å². The van der Waals surface area contributed by atoms with E-state index in [0.29, 0.717) is 44.5 Å². The summed E-state index contributed by atoms with van der Waals surface area (Å²) in [4.78, 5) is 28.9. The topological polar surface area (TPSA) is 71.1 Å². The SMILES string of the molecule is O=C(c1ccc(OCC2CCCN2C(=O)NC2CCCC2)cc1)N1CCOCC1. The molecule has 1 aromatic rings. The molecular formula is C22H31N3O4. The Morgan fingerprint density at radius 3 is 2.45 bits per heavy atom. The summed E-state index contributed by atoms with van der Waals surface area (Å²) in [5.41, 5.74) is 0.665. The van der Waals surface area contributed by atoms with Gasteiger partial charge < -0.3 is 24.6 Å². The first kappa shape index (κ1) is 20.0. The average molecular weight is 402 g/mol. The number of hydrogen-bond acceptors (Lipinski definition) is 4. The second kappa shape index (κ2) is 9.48. The van der Waals surface area contributed by atoms with Crippen molar-refractivity contribution < 1.29 is 19.1 Å². The van der Waals surface area contributed by atoms with Crippen LogP contribution in [0.15, 0.2) is 24.3 Å². The lowest BCUT2D eigenvalue weighted by molar-refractivity contribution is 0.0303. The van der Waals surface area contributed by atoms with Gasteiger partial charge in [0.1, 0.15) is 12.4 Å². The van der Waals surface area contributed by atoms with E-state index in [-0.39, 0.29) is 18.0 Å². The van der Waals surface area contributed by atoms with Crippen LogP contribution in [0.1, 0.15) is 48.9 Å². The highest BCUT2D eigenvalue weighted by atomic mass is 16.5. The van der Waals surface area contributed by atoms with Crippen LogP contribution in [0.2, 0.25) is 0 Å². The first-order valence-corrected chi connectivity index (χ1v) is 10.9. The number of carbonyl (C=O) groups is 2. The van der Waals surface area contributed by atoms with Crippen LogP contribution in [0, 0.1) is 0 Å². The van der Waals surface area contributed by atoms with E-state index in [0.717, 1.165) is 38.0 Å². The molecular weight excluding hydrogens is 370 g/mol. The predicted octanol–water partition coefficient (Wildman–Crippen LogP) is 2.65. The minimum Gasteiger partial charge on any atom is -0.491 e. The Morgan fingerprint density at radius 2 is 1.72 bits per heavy atom. The maximum absolute atomic E-state index is 12.6. The van der Waals surface area contributed by atoms with Crippen LogP contribution in [0.4, 0.5) is 4.79 Å².